The predicted octanol–water partition coefficient (Wildman–Crippen LogP) is 3.82. The van der Waals surface area contributed by atoms with Crippen molar-refractivity contribution >= 4 is 68.8 Å². The van der Waals surface area contributed by atoms with Crippen molar-refractivity contribution in [3.63, 3.8) is 0 Å². The van der Waals surface area contributed by atoms with Crippen LogP contribution >= 0.6 is 41.7 Å². The number of amides is 1. The van der Waals surface area contributed by atoms with Crippen LogP contribution in [0.2, 0.25) is 0 Å². The Bertz CT molecular complexity index is 1170. The molecule has 5 nitrogen and oxygen atoms in total. The number of hydrogen-bond acceptors (Lipinski definition) is 4. The van der Waals surface area contributed by atoms with Crippen molar-refractivity contribution < 1.29 is 9.53 Å². The number of carbonyl (C=O) groups is 1. The van der Waals surface area contributed by atoms with Crippen molar-refractivity contribution in [1.29, 1.82) is 5.26 Å². The second kappa shape index (κ2) is 11.8. The molecule has 4 rings (SSSR count). The number of benzene rings is 3. The number of carbonyl (C=O) groups excluding carboxylic acids is 1. The topological polar surface area (TPSA) is 65.4 Å². The molecule has 1 amide bonds. The van der Waals surface area contributed by atoms with Crippen LogP contribution in [0.5, 0.6) is 0 Å². The molecule has 0 aromatic heterocycles. The molecule has 0 spiro atoms. The van der Waals surface area contributed by atoms with Crippen molar-refractivity contribution in [2.75, 3.05) is 26.3 Å². The highest BCUT2D eigenvalue weighted by Crippen LogP contribution is 2.46. The van der Waals surface area contributed by atoms with E-state index in [9.17, 15) is 10.1 Å². The number of halogens is 3. The molecule has 0 radical (unpaired) electrons. The minimum Gasteiger partial charge on any atom is -0.379 e. The number of ether oxygens (including phenoxy) is 1. The lowest BCUT2D eigenvalue weighted by Gasteiger charge is -2.38. The first-order valence-corrected chi connectivity index (χ1v) is 14.3. The van der Waals surface area contributed by atoms with E-state index in [4.69, 9.17) is 39.5 Å². The second-order valence-corrected chi connectivity index (χ2v) is 13.9. The van der Waals surface area contributed by atoms with Crippen LogP contribution in [0, 0.1) is 11.3 Å². The summed E-state index contributed by atoms with van der Waals surface area (Å²) in [5.74, 6) is -0.565. The van der Waals surface area contributed by atoms with Crippen LogP contribution in [0.25, 0.3) is 0 Å². The van der Waals surface area contributed by atoms with Crippen LogP contribution in [0.3, 0.4) is 0 Å². The molecule has 1 heterocycles. The van der Waals surface area contributed by atoms with Crippen LogP contribution in [-0.2, 0) is 9.53 Å². The van der Waals surface area contributed by atoms with Crippen LogP contribution in [0.1, 0.15) is 0 Å². The van der Waals surface area contributed by atoms with Gasteiger partial charge in [-0.05, 0) is 15.9 Å². The molecule has 0 bridgehead atoms. The minimum absolute atomic E-state index is 0.0820. The normalized spacial score (nSPS) is 15.5. The maximum atomic E-state index is 14.1. The minimum atomic E-state index is -2.90. The van der Waals surface area contributed by atoms with E-state index >= 15 is 0 Å². The smallest absolute Gasteiger partial charge is 0.264 e. The van der Waals surface area contributed by atoms with E-state index in [1.54, 1.807) is 0 Å². The number of morpholine rings is 1. The van der Waals surface area contributed by atoms with Gasteiger partial charge in [-0.25, -0.2) is 0 Å². The van der Waals surface area contributed by atoms with Gasteiger partial charge in [0.1, 0.15) is 17.5 Å². The van der Waals surface area contributed by atoms with E-state index in [1.165, 1.54) is 0 Å². The highest BCUT2D eigenvalue weighted by atomic mass is 35.6. The lowest BCUT2D eigenvalue weighted by Crippen LogP contribution is -2.59. The zero-order valence-corrected chi connectivity index (χ0v) is 22.5. The number of nitrogens with one attached hydrogen (secondary N) is 1. The average molecular weight is 561 g/mol. The summed E-state index contributed by atoms with van der Waals surface area (Å²) in [5.41, 5.74) is 0. The standard InChI is InChI=1S/C27H25Cl3N3O2P/c28-27(29,30)26(33-16-18-35-19-17-33)32-25(34)24(20-31)36(21-10-4-1-5-11-21,22-12-6-2-7-13-22)23-14-8-3-9-15-23/h1-15,26H,16-19H2,(H,32,34)/t26-/m1/s1. The first-order chi connectivity index (χ1) is 17.4. The Hall–Kier alpha value is -2.29. The molecular formula is C27H25Cl3N3O2P. The lowest BCUT2D eigenvalue weighted by molar-refractivity contribution is -0.117. The van der Waals surface area contributed by atoms with Gasteiger partial charge in [0.15, 0.2) is 0 Å². The van der Waals surface area contributed by atoms with E-state index in [0.29, 0.717) is 26.3 Å². The number of rotatable bonds is 6. The Kier molecular flexibility index (Phi) is 8.80. The summed E-state index contributed by atoms with van der Waals surface area (Å²) in [6.45, 7) is -1.02. The monoisotopic (exact) mass is 559 g/mol. The van der Waals surface area contributed by atoms with Crippen molar-refractivity contribution in [1.82, 2.24) is 10.2 Å². The van der Waals surface area contributed by atoms with Gasteiger partial charge in [0, 0.05) is 20.0 Å². The van der Waals surface area contributed by atoms with E-state index in [2.05, 4.69) is 11.4 Å². The maximum Gasteiger partial charge on any atom is 0.264 e. The van der Waals surface area contributed by atoms with Gasteiger partial charge in [-0.3, -0.25) is 9.69 Å². The zero-order chi connectivity index (χ0) is 25.6. The molecule has 1 fully saturated rings. The third kappa shape index (κ3) is 5.50. The molecule has 0 aliphatic carbocycles. The van der Waals surface area contributed by atoms with Crippen LogP contribution < -0.4 is 21.2 Å². The fraction of sp³-hybridized carbons (Fsp3) is 0.222. The largest absolute Gasteiger partial charge is 0.379 e. The molecule has 3 aromatic rings. The SMILES string of the molecule is N#CC(C(=O)N[C@H](N1CCOCC1)C(Cl)(Cl)Cl)=P(c1ccccc1)(c1ccccc1)c1ccccc1. The van der Waals surface area contributed by atoms with Gasteiger partial charge in [-0.15, -0.1) is 0 Å². The van der Waals surface area contributed by atoms with Gasteiger partial charge >= 0.3 is 0 Å². The van der Waals surface area contributed by atoms with Crippen molar-refractivity contribution in [2.45, 2.75) is 9.96 Å². The molecule has 36 heavy (non-hydrogen) atoms. The number of nitrogens with zero attached hydrogens (tertiary/aromatic N) is 2. The summed E-state index contributed by atoms with van der Waals surface area (Å²) < 4.78 is 3.61. The first-order valence-electron chi connectivity index (χ1n) is 11.4. The lowest BCUT2D eigenvalue weighted by atomic mass is 10.3. The molecule has 9 heteroatoms. The molecule has 186 valence electrons. The molecule has 3 aromatic carbocycles. The molecule has 0 unspecified atom stereocenters. The quantitative estimate of drug-likeness (QED) is 0.368. The van der Waals surface area contributed by atoms with Crippen LogP contribution in [0.15, 0.2) is 91.0 Å². The van der Waals surface area contributed by atoms with E-state index in [0.717, 1.165) is 15.9 Å². The molecule has 1 N–H and O–H groups in total. The highest BCUT2D eigenvalue weighted by Gasteiger charge is 2.41. The summed E-state index contributed by atoms with van der Waals surface area (Å²) in [5, 5.41) is 16.2. The summed E-state index contributed by atoms with van der Waals surface area (Å²) >= 11 is 19.0. The molecule has 1 aliphatic heterocycles. The molecular weight excluding hydrogens is 536 g/mol. The summed E-state index contributed by atoms with van der Waals surface area (Å²) in [6.07, 6.45) is -0.938. The van der Waals surface area contributed by atoms with Gasteiger partial charge in [-0.1, -0.05) is 126 Å². The fourth-order valence-electron chi connectivity index (χ4n) is 4.48. The van der Waals surface area contributed by atoms with E-state index in [1.807, 2.05) is 95.9 Å². The van der Waals surface area contributed by atoms with Gasteiger partial charge in [-0.2, -0.15) is 5.26 Å². The first kappa shape index (κ1) is 26.8. The Morgan fingerprint density at radius 3 is 1.64 bits per heavy atom. The Morgan fingerprint density at radius 1 is 0.861 bits per heavy atom. The van der Waals surface area contributed by atoms with E-state index < -0.39 is 22.8 Å². The van der Waals surface area contributed by atoms with Gasteiger partial charge in [0.25, 0.3) is 5.91 Å². The summed E-state index contributed by atoms with van der Waals surface area (Å²) in [4.78, 5) is 15.9. The van der Waals surface area contributed by atoms with Gasteiger partial charge in [0.05, 0.1) is 13.2 Å². The fourth-order valence-corrected chi connectivity index (χ4v) is 9.10. The molecule has 1 saturated heterocycles. The average Bonchev–Trinajstić information content (AvgIpc) is 2.91. The number of alkyl halides is 3. The maximum absolute atomic E-state index is 14.1. The van der Waals surface area contributed by atoms with Crippen molar-refractivity contribution in [3.05, 3.63) is 91.0 Å². The van der Waals surface area contributed by atoms with Crippen LogP contribution in [0.4, 0.5) is 0 Å². The Balaban J connectivity index is 1.99. The zero-order valence-electron chi connectivity index (χ0n) is 19.4. The third-order valence-electron chi connectivity index (χ3n) is 6.08. The summed E-state index contributed by atoms with van der Waals surface area (Å²) in [7, 11) is 0. The third-order valence-corrected chi connectivity index (χ3v) is 10.9. The second-order valence-electron chi connectivity index (χ2n) is 8.20. The van der Waals surface area contributed by atoms with Crippen LogP contribution in [-0.4, -0.2) is 52.4 Å². The Labute approximate surface area is 226 Å². The molecule has 0 saturated carbocycles. The van der Waals surface area contributed by atoms with Crippen molar-refractivity contribution in [2.24, 2.45) is 0 Å². The van der Waals surface area contributed by atoms with Crippen molar-refractivity contribution in [3.8, 4) is 6.07 Å². The number of nitriles is 1. The van der Waals surface area contributed by atoms with Gasteiger partial charge < -0.3 is 10.1 Å². The Morgan fingerprint density at radius 2 is 1.28 bits per heavy atom. The molecule has 1 aliphatic rings. The highest BCUT2D eigenvalue weighted by molar-refractivity contribution is 7.96. The predicted molar refractivity (Wildman–Crippen MR) is 150 cm³/mol. The number of hydrogen-bond donors (Lipinski definition) is 1. The summed E-state index contributed by atoms with van der Waals surface area (Å²) in [6, 6.07) is 31.3. The van der Waals surface area contributed by atoms with E-state index in [-0.39, 0.29) is 5.29 Å². The van der Waals surface area contributed by atoms with Gasteiger partial charge in [0.2, 0.25) is 3.79 Å². The molecule has 1 atom stereocenters.